The van der Waals surface area contributed by atoms with Crippen LogP contribution in [0, 0.1) is 11.3 Å². The Labute approximate surface area is 244 Å². The zero-order valence-corrected chi connectivity index (χ0v) is 23.7. The molecule has 13 heteroatoms. The second-order valence-electron chi connectivity index (χ2n) is 9.16. The Morgan fingerprint density at radius 1 is 1.23 bits per heavy atom. The molecule has 10 nitrogen and oxygen atoms in total. The molecular formula is C27H25ClN6O4S2. The van der Waals surface area contributed by atoms with Crippen molar-refractivity contribution in [3.05, 3.63) is 76.3 Å². The van der Waals surface area contributed by atoms with Gasteiger partial charge >= 0.3 is 0 Å². The minimum atomic E-state index is -0.584. The van der Waals surface area contributed by atoms with E-state index in [1.807, 2.05) is 48.8 Å². The molecule has 0 bridgehead atoms. The van der Waals surface area contributed by atoms with Crippen LogP contribution >= 0.6 is 34.7 Å². The van der Waals surface area contributed by atoms with Gasteiger partial charge in [-0.2, -0.15) is 5.26 Å². The van der Waals surface area contributed by atoms with E-state index in [2.05, 4.69) is 21.4 Å². The average molecular weight is 597 g/mol. The molecule has 6 rings (SSSR count). The molecule has 206 valence electrons. The lowest BCUT2D eigenvalue weighted by atomic mass is 9.95. The summed E-state index contributed by atoms with van der Waals surface area (Å²) in [7, 11) is 0. The molecule has 2 N–H and O–H groups in total. The van der Waals surface area contributed by atoms with Crippen molar-refractivity contribution in [3.8, 4) is 17.5 Å². The Morgan fingerprint density at radius 2 is 2.08 bits per heavy atom. The highest BCUT2D eigenvalue weighted by molar-refractivity contribution is 7.99. The Balaban J connectivity index is 1.38. The van der Waals surface area contributed by atoms with Gasteiger partial charge in [-0.25, -0.2) is 9.67 Å². The molecule has 2 aromatic heterocycles. The van der Waals surface area contributed by atoms with E-state index in [0.29, 0.717) is 45.2 Å². The number of aromatic nitrogens is 4. The summed E-state index contributed by atoms with van der Waals surface area (Å²) in [6, 6.07) is 16.7. The average Bonchev–Trinajstić information content (AvgIpc) is 3.63. The standard InChI is InChI=1S/C27H25ClN6O4S2/c1-2-35-24-22(34-12-18(32-33-34)19-14-39-27(30)31-19)23-20(13-36-25(38-23)15-6-4-3-5-7-15)37-26(24)40-21-10-17(28)9-8-16(21)11-29/h3-10,12,14,20,22-26H,2,13H2,1H3,(H2,30,31)/t20?,22?,23-,24?,25?,26+/m0/s1. The smallest absolute Gasteiger partial charge is 0.184 e. The van der Waals surface area contributed by atoms with Crippen LogP contribution in [0.2, 0.25) is 5.02 Å². The number of nitrogen functional groups attached to an aromatic ring is 1. The maximum absolute atomic E-state index is 9.72. The Morgan fingerprint density at radius 3 is 2.83 bits per heavy atom. The number of fused-ring (bicyclic) bond motifs is 1. The van der Waals surface area contributed by atoms with Crippen LogP contribution in [0.1, 0.15) is 30.4 Å². The summed E-state index contributed by atoms with van der Waals surface area (Å²) < 4.78 is 27.4. The normalized spacial score (nSPS) is 26.2. The number of anilines is 1. The number of hydrogen-bond donors (Lipinski definition) is 1. The number of thiazole rings is 1. The largest absolute Gasteiger partial charge is 0.375 e. The minimum Gasteiger partial charge on any atom is -0.375 e. The van der Waals surface area contributed by atoms with Gasteiger partial charge in [0.15, 0.2) is 11.4 Å². The fourth-order valence-corrected chi connectivity index (χ4v) is 6.92. The van der Waals surface area contributed by atoms with Gasteiger partial charge in [-0.1, -0.05) is 58.9 Å². The number of thioether (sulfide) groups is 1. The fraction of sp³-hybridized carbons (Fsp3) is 0.333. The van der Waals surface area contributed by atoms with Crippen molar-refractivity contribution in [1.82, 2.24) is 20.0 Å². The zero-order chi connectivity index (χ0) is 27.6. The second-order valence-corrected chi connectivity index (χ2v) is 11.6. The molecule has 2 aliphatic rings. The summed E-state index contributed by atoms with van der Waals surface area (Å²) in [6.45, 7) is 2.64. The van der Waals surface area contributed by atoms with Crippen molar-refractivity contribution in [2.24, 2.45) is 0 Å². The van der Waals surface area contributed by atoms with Crippen LogP contribution < -0.4 is 5.73 Å². The number of ether oxygens (including phenoxy) is 4. The van der Waals surface area contributed by atoms with Gasteiger partial charge in [0, 0.05) is 27.5 Å². The minimum absolute atomic E-state index is 0.293. The van der Waals surface area contributed by atoms with Gasteiger partial charge in [0.2, 0.25) is 0 Å². The van der Waals surface area contributed by atoms with Gasteiger partial charge in [-0.15, -0.1) is 16.4 Å². The van der Waals surface area contributed by atoms with Gasteiger partial charge < -0.3 is 24.7 Å². The third-order valence-electron chi connectivity index (χ3n) is 6.65. The van der Waals surface area contributed by atoms with E-state index >= 15 is 0 Å². The molecule has 6 atom stereocenters. The SMILES string of the molecule is CCOC1C(n2cc(-c3csc(N)n3)nn2)[C@H]2OC(c3ccccc3)OCC2O[C@@H]1Sc1cc(Cl)ccc1C#N. The first-order valence-electron chi connectivity index (χ1n) is 12.6. The molecular weight excluding hydrogens is 572 g/mol. The van der Waals surface area contributed by atoms with Crippen LogP contribution in [-0.4, -0.2) is 56.9 Å². The number of benzene rings is 2. The molecule has 4 heterocycles. The summed E-state index contributed by atoms with van der Waals surface area (Å²) in [5.74, 6) is 0. The fourth-order valence-electron chi connectivity index (χ4n) is 4.87. The van der Waals surface area contributed by atoms with E-state index in [1.54, 1.807) is 22.9 Å². The van der Waals surface area contributed by atoms with E-state index in [4.69, 9.17) is 36.3 Å². The number of hydrogen-bond acceptors (Lipinski definition) is 11. The summed E-state index contributed by atoms with van der Waals surface area (Å²) in [4.78, 5) is 5.05. The van der Waals surface area contributed by atoms with Gasteiger partial charge in [-0.05, 0) is 25.1 Å². The lowest BCUT2D eigenvalue weighted by molar-refractivity contribution is -0.309. The molecule has 2 fully saturated rings. The first-order valence-corrected chi connectivity index (χ1v) is 14.8. The van der Waals surface area contributed by atoms with Crippen LogP contribution in [0.25, 0.3) is 11.4 Å². The number of nitrogens with zero attached hydrogens (tertiary/aromatic N) is 5. The monoisotopic (exact) mass is 596 g/mol. The molecule has 0 aliphatic carbocycles. The van der Waals surface area contributed by atoms with E-state index in [1.165, 1.54) is 23.1 Å². The zero-order valence-electron chi connectivity index (χ0n) is 21.3. The summed E-state index contributed by atoms with van der Waals surface area (Å²) in [6.07, 6.45) is -0.194. The molecule has 2 saturated heterocycles. The van der Waals surface area contributed by atoms with E-state index in [0.717, 1.165) is 5.56 Å². The molecule has 2 aliphatic heterocycles. The third-order valence-corrected chi connectivity index (χ3v) is 8.76. The van der Waals surface area contributed by atoms with Crippen LogP contribution in [0.5, 0.6) is 0 Å². The quantitative estimate of drug-likeness (QED) is 0.308. The predicted molar refractivity (Wildman–Crippen MR) is 151 cm³/mol. The van der Waals surface area contributed by atoms with Crippen molar-refractivity contribution in [2.75, 3.05) is 18.9 Å². The summed E-state index contributed by atoms with van der Waals surface area (Å²) in [5, 5.41) is 21.4. The highest BCUT2D eigenvalue weighted by Crippen LogP contribution is 2.45. The lowest BCUT2D eigenvalue weighted by Gasteiger charge is -2.49. The van der Waals surface area contributed by atoms with Crippen molar-refractivity contribution in [2.45, 2.75) is 47.9 Å². The highest BCUT2D eigenvalue weighted by Gasteiger charge is 2.52. The number of rotatable bonds is 7. The van der Waals surface area contributed by atoms with Gasteiger partial charge in [-0.3, -0.25) is 0 Å². The molecule has 0 radical (unpaired) electrons. The van der Waals surface area contributed by atoms with Crippen LogP contribution in [0.15, 0.2) is 65.0 Å². The van der Waals surface area contributed by atoms with Crippen LogP contribution in [0.4, 0.5) is 5.13 Å². The predicted octanol–water partition coefficient (Wildman–Crippen LogP) is 5.09. The molecule has 4 unspecified atom stereocenters. The Bertz CT molecular complexity index is 1510. The molecule has 2 aromatic carbocycles. The van der Waals surface area contributed by atoms with Crippen LogP contribution in [-0.2, 0) is 18.9 Å². The third kappa shape index (κ3) is 5.46. The Kier molecular flexibility index (Phi) is 8.04. The van der Waals surface area contributed by atoms with Crippen molar-refractivity contribution in [3.63, 3.8) is 0 Å². The van der Waals surface area contributed by atoms with E-state index < -0.39 is 36.1 Å². The van der Waals surface area contributed by atoms with E-state index in [-0.39, 0.29) is 0 Å². The highest BCUT2D eigenvalue weighted by atomic mass is 35.5. The lowest BCUT2D eigenvalue weighted by Crippen LogP contribution is -2.59. The number of nitriles is 1. The molecule has 4 aromatic rings. The second kappa shape index (κ2) is 11.8. The topological polar surface area (TPSA) is 130 Å². The molecule has 0 saturated carbocycles. The maximum atomic E-state index is 9.72. The van der Waals surface area contributed by atoms with Gasteiger partial charge in [0.1, 0.15) is 47.2 Å². The summed E-state index contributed by atoms with van der Waals surface area (Å²) in [5.41, 5.74) is 7.96. The maximum Gasteiger partial charge on any atom is 0.184 e. The van der Waals surface area contributed by atoms with Crippen molar-refractivity contribution in [1.29, 1.82) is 5.26 Å². The molecule has 40 heavy (non-hydrogen) atoms. The summed E-state index contributed by atoms with van der Waals surface area (Å²) >= 11 is 9.01. The first kappa shape index (κ1) is 27.2. The van der Waals surface area contributed by atoms with Gasteiger partial charge in [0.05, 0.1) is 18.4 Å². The van der Waals surface area contributed by atoms with E-state index in [9.17, 15) is 5.26 Å². The van der Waals surface area contributed by atoms with Gasteiger partial charge in [0.25, 0.3) is 0 Å². The molecule has 0 spiro atoms. The first-order chi connectivity index (χ1) is 19.5. The van der Waals surface area contributed by atoms with Crippen LogP contribution in [0.3, 0.4) is 0 Å². The number of nitrogens with two attached hydrogens (primary N) is 1. The van der Waals surface area contributed by atoms with Crippen molar-refractivity contribution >= 4 is 39.8 Å². The molecule has 0 amide bonds. The number of halogens is 1. The van der Waals surface area contributed by atoms with Crippen molar-refractivity contribution < 1.29 is 18.9 Å². The Hall–Kier alpha value is -3.02.